The van der Waals surface area contributed by atoms with Crippen molar-refractivity contribution >= 4 is 11.6 Å². The lowest BCUT2D eigenvalue weighted by atomic mass is 10.2. The van der Waals surface area contributed by atoms with Crippen molar-refractivity contribution in [1.82, 2.24) is 0 Å². The summed E-state index contributed by atoms with van der Waals surface area (Å²) in [6.45, 7) is 3.79. The maximum Gasteiger partial charge on any atom is 0.265 e. The minimum atomic E-state index is -0.733. The number of aryl methyl sites for hydroxylation is 1. The van der Waals surface area contributed by atoms with Gasteiger partial charge in [-0.25, -0.2) is 4.39 Å². The molecular formula is C17H18FNO2. The summed E-state index contributed by atoms with van der Waals surface area (Å²) in [7, 11) is 0. The van der Waals surface area contributed by atoms with E-state index >= 15 is 0 Å². The first kappa shape index (κ1) is 15.0. The molecule has 1 atom stereocenters. The minimum absolute atomic E-state index is 0.0865. The van der Waals surface area contributed by atoms with Crippen molar-refractivity contribution in [1.29, 1.82) is 0 Å². The van der Waals surface area contributed by atoms with Crippen LogP contribution in [0.1, 0.15) is 18.9 Å². The normalized spacial score (nSPS) is 11.8. The Kier molecular flexibility index (Phi) is 4.93. The molecule has 0 heterocycles. The molecule has 1 N–H and O–H groups in total. The Balaban J connectivity index is 2.05. The highest BCUT2D eigenvalue weighted by atomic mass is 19.1. The van der Waals surface area contributed by atoms with Crippen molar-refractivity contribution in [2.75, 3.05) is 5.32 Å². The number of hydrogen-bond acceptors (Lipinski definition) is 2. The number of carbonyl (C=O) groups excluding carboxylic acids is 1. The predicted octanol–water partition coefficient (Wildman–Crippen LogP) is 3.93. The third-order valence-electron chi connectivity index (χ3n) is 3.09. The lowest BCUT2D eigenvalue weighted by molar-refractivity contribution is -0.122. The van der Waals surface area contributed by atoms with Crippen LogP contribution >= 0.6 is 0 Å². The molecule has 0 radical (unpaired) electrons. The summed E-state index contributed by atoms with van der Waals surface area (Å²) in [5.41, 5.74) is 1.81. The quantitative estimate of drug-likeness (QED) is 0.905. The number of anilines is 1. The number of ether oxygens (including phenoxy) is 1. The third-order valence-corrected chi connectivity index (χ3v) is 3.09. The molecule has 2 rings (SSSR count). The molecule has 0 saturated carbocycles. The first-order valence-corrected chi connectivity index (χ1v) is 6.89. The lowest BCUT2D eigenvalue weighted by Gasteiger charge is -2.17. The van der Waals surface area contributed by atoms with Crippen molar-refractivity contribution in [3.8, 4) is 5.75 Å². The van der Waals surface area contributed by atoms with Crippen molar-refractivity contribution in [2.45, 2.75) is 26.4 Å². The molecule has 4 heteroatoms. The highest BCUT2D eigenvalue weighted by molar-refractivity contribution is 5.94. The largest absolute Gasteiger partial charge is 0.478 e. The SMILES string of the molecule is CC[C@H](Oc1ccccc1F)C(=O)Nc1ccc(C)cc1. The summed E-state index contributed by atoms with van der Waals surface area (Å²) in [6, 6.07) is 13.5. The third kappa shape index (κ3) is 4.05. The van der Waals surface area contributed by atoms with Crippen LogP contribution in [0.15, 0.2) is 48.5 Å². The van der Waals surface area contributed by atoms with Crippen LogP contribution in [0.25, 0.3) is 0 Å². The summed E-state index contributed by atoms with van der Waals surface area (Å²) in [5.74, 6) is -0.674. The van der Waals surface area contributed by atoms with Crippen LogP contribution in [0.4, 0.5) is 10.1 Å². The summed E-state index contributed by atoms with van der Waals surface area (Å²) in [6.07, 6.45) is -0.283. The van der Waals surface area contributed by atoms with E-state index < -0.39 is 11.9 Å². The van der Waals surface area contributed by atoms with Crippen LogP contribution in [0.5, 0.6) is 5.75 Å². The summed E-state index contributed by atoms with van der Waals surface area (Å²) < 4.78 is 19.0. The van der Waals surface area contributed by atoms with E-state index in [1.165, 1.54) is 12.1 Å². The molecule has 0 aliphatic carbocycles. The Hall–Kier alpha value is -2.36. The van der Waals surface area contributed by atoms with Gasteiger partial charge in [-0.15, -0.1) is 0 Å². The molecule has 0 aliphatic heterocycles. The molecule has 0 aromatic heterocycles. The van der Waals surface area contributed by atoms with Gasteiger partial charge < -0.3 is 10.1 Å². The minimum Gasteiger partial charge on any atom is -0.478 e. The van der Waals surface area contributed by atoms with Crippen molar-refractivity contribution in [2.24, 2.45) is 0 Å². The van der Waals surface area contributed by atoms with Gasteiger partial charge in [0.2, 0.25) is 0 Å². The van der Waals surface area contributed by atoms with Gasteiger partial charge in [0.05, 0.1) is 0 Å². The maximum absolute atomic E-state index is 13.6. The molecule has 2 aromatic rings. The average molecular weight is 287 g/mol. The number of nitrogens with one attached hydrogen (secondary N) is 1. The second-order valence-electron chi connectivity index (χ2n) is 4.80. The van der Waals surface area contributed by atoms with Gasteiger partial charge in [-0.05, 0) is 37.6 Å². The van der Waals surface area contributed by atoms with E-state index in [0.717, 1.165) is 5.56 Å². The van der Waals surface area contributed by atoms with E-state index in [-0.39, 0.29) is 11.7 Å². The number of hydrogen-bond donors (Lipinski definition) is 1. The second kappa shape index (κ2) is 6.88. The Morgan fingerprint density at radius 2 is 1.86 bits per heavy atom. The van der Waals surface area contributed by atoms with Gasteiger partial charge in [-0.1, -0.05) is 36.8 Å². The molecule has 2 aromatic carbocycles. The fourth-order valence-electron chi connectivity index (χ4n) is 1.88. The van der Waals surface area contributed by atoms with E-state index in [9.17, 15) is 9.18 Å². The van der Waals surface area contributed by atoms with Crippen molar-refractivity contribution in [3.63, 3.8) is 0 Å². The lowest BCUT2D eigenvalue weighted by Crippen LogP contribution is -2.32. The molecule has 1 amide bonds. The smallest absolute Gasteiger partial charge is 0.265 e. The highest BCUT2D eigenvalue weighted by Gasteiger charge is 2.19. The Morgan fingerprint density at radius 3 is 2.48 bits per heavy atom. The van der Waals surface area contributed by atoms with E-state index in [0.29, 0.717) is 12.1 Å². The zero-order valence-corrected chi connectivity index (χ0v) is 12.1. The highest BCUT2D eigenvalue weighted by Crippen LogP contribution is 2.19. The van der Waals surface area contributed by atoms with Gasteiger partial charge in [0.1, 0.15) is 0 Å². The number of carbonyl (C=O) groups is 1. The predicted molar refractivity (Wildman–Crippen MR) is 80.9 cm³/mol. The molecule has 0 spiro atoms. The van der Waals surface area contributed by atoms with Crippen LogP contribution in [0.3, 0.4) is 0 Å². The first-order chi connectivity index (χ1) is 10.1. The van der Waals surface area contributed by atoms with E-state index in [1.54, 1.807) is 12.1 Å². The number of halogens is 1. The molecule has 3 nitrogen and oxygen atoms in total. The standard InChI is InChI=1S/C17H18FNO2/c1-3-15(21-16-7-5-4-6-14(16)18)17(20)19-13-10-8-12(2)9-11-13/h4-11,15H,3H2,1-2H3,(H,19,20)/t15-/m0/s1. The monoisotopic (exact) mass is 287 g/mol. The topological polar surface area (TPSA) is 38.3 Å². The van der Waals surface area contributed by atoms with Crippen LogP contribution < -0.4 is 10.1 Å². The molecule has 0 fully saturated rings. The van der Waals surface area contributed by atoms with E-state index in [1.807, 2.05) is 38.1 Å². The van der Waals surface area contributed by atoms with Gasteiger partial charge in [-0.3, -0.25) is 4.79 Å². The fourth-order valence-corrected chi connectivity index (χ4v) is 1.88. The Morgan fingerprint density at radius 1 is 1.19 bits per heavy atom. The molecular weight excluding hydrogens is 269 g/mol. The van der Waals surface area contributed by atoms with Crippen LogP contribution in [-0.2, 0) is 4.79 Å². The van der Waals surface area contributed by atoms with Gasteiger partial charge in [0.25, 0.3) is 5.91 Å². The number of para-hydroxylation sites is 1. The van der Waals surface area contributed by atoms with Crippen molar-refractivity contribution < 1.29 is 13.9 Å². The van der Waals surface area contributed by atoms with E-state index in [2.05, 4.69) is 5.32 Å². The molecule has 21 heavy (non-hydrogen) atoms. The van der Waals surface area contributed by atoms with Gasteiger partial charge in [0.15, 0.2) is 17.7 Å². The van der Waals surface area contributed by atoms with Crippen molar-refractivity contribution in [3.05, 3.63) is 59.9 Å². The van der Waals surface area contributed by atoms with Crippen LogP contribution in [0.2, 0.25) is 0 Å². The first-order valence-electron chi connectivity index (χ1n) is 6.89. The van der Waals surface area contributed by atoms with Crippen LogP contribution in [-0.4, -0.2) is 12.0 Å². The molecule has 0 saturated heterocycles. The maximum atomic E-state index is 13.6. The number of benzene rings is 2. The van der Waals surface area contributed by atoms with Gasteiger partial charge in [-0.2, -0.15) is 0 Å². The summed E-state index contributed by atoms with van der Waals surface area (Å²) in [5, 5.41) is 2.77. The zero-order chi connectivity index (χ0) is 15.2. The van der Waals surface area contributed by atoms with Crippen LogP contribution in [0, 0.1) is 12.7 Å². The zero-order valence-electron chi connectivity index (χ0n) is 12.1. The molecule has 0 unspecified atom stereocenters. The number of amides is 1. The Bertz CT molecular complexity index is 610. The van der Waals surface area contributed by atoms with Gasteiger partial charge >= 0.3 is 0 Å². The fraction of sp³-hybridized carbons (Fsp3) is 0.235. The van der Waals surface area contributed by atoms with E-state index in [4.69, 9.17) is 4.74 Å². The number of rotatable bonds is 5. The summed E-state index contributed by atoms with van der Waals surface area (Å²) >= 11 is 0. The molecule has 110 valence electrons. The molecule has 0 bridgehead atoms. The molecule has 0 aliphatic rings. The Labute approximate surface area is 123 Å². The average Bonchev–Trinajstić information content (AvgIpc) is 2.48. The second-order valence-corrected chi connectivity index (χ2v) is 4.80. The summed E-state index contributed by atoms with van der Waals surface area (Å²) in [4.78, 5) is 12.2. The van der Waals surface area contributed by atoms with Gasteiger partial charge in [0, 0.05) is 5.69 Å².